The molecule has 0 aromatic carbocycles. The number of hydrogen-bond acceptors (Lipinski definition) is 5. The number of nitrogens with one attached hydrogen (secondary N) is 1. The molecule has 7 heteroatoms. The third-order valence-corrected chi connectivity index (χ3v) is 2.55. The average molecular weight is 228 g/mol. The van der Waals surface area contributed by atoms with E-state index in [9.17, 15) is 14.7 Å². The van der Waals surface area contributed by atoms with Crippen LogP contribution in [0.25, 0.3) is 0 Å². The van der Waals surface area contributed by atoms with Crippen molar-refractivity contribution in [2.75, 3.05) is 13.2 Å². The molecule has 1 aliphatic rings. The molecule has 2 heterocycles. The second-order valence-electron chi connectivity index (χ2n) is 3.87. The maximum absolute atomic E-state index is 11.4. The van der Waals surface area contributed by atoms with E-state index in [4.69, 9.17) is 9.84 Å². The summed E-state index contributed by atoms with van der Waals surface area (Å²) in [7, 11) is 0. The molecule has 0 radical (unpaired) electrons. The Morgan fingerprint density at radius 3 is 2.94 bits per heavy atom. The van der Waals surface area contributed by atoms with Crippen molar-refractivity contribution in [2.24, 2.45) is 0 Å². The van der Waals surface area contributed by atoms with Crippen LogP contribution < -0.4 is 11.2 Å². The number of aliphatic hydroxyl groups is 2. The van der Waals surface area contributed by atoms with Crippen LogP contribution in [0.2, 0.25) is 0 Å². The molecule has 1 aromatic rings. The number of hydrogen-bond donors (Lipinski definition) is 3. The molecular formula is C9H12N2O5. The molecular weight excluding hydrogens is 216 g/mol. The Morgan fingerprint density at radius 2 is 2.38 bits per heavy atom. The van der Waals surface area contributed by atoms with Gasteiger partial charge in [-0.2, -0.15) is 0 Å². The Morgan fingerprint density at radius 1 is 1.62 bits per heavy atom. The van der Waals surface area contributed by atoms with Crippen LogP contribution in [-0.2, 0) is 4.74 Å². The zero-order valence-corrected chi connectivity index (χ0v) is 8.42. The lowest BCUT2D eigenvalue weighted by atomic mass is 10.0. The van der Waals surface area contributed by atoms with E-state index in [-0.39, 0.29) is 13.0 Å². The predicted octanol–water partition coefficient (Wildman–Crippen LogP) is -1.82. The summed E-state index contributed by atoms with van der Waals surface area (Å²) in [6, 6.07) is 1.20. The first-order valence-electron chi connectivity index (χ1n) is 4.80. The topological polar surface area (TPSA) is 105 Å². The molecule has 88 valence electrons. The van der Waals surface area contributed by atoms with Crippen molar-refractivity contribution in [3.8, 4) is 0 Å². The monoisotopic (exact) mass is 228 g/mol. The summed E-state index contributed by atoms with van der Waals surface area (Å²) in [5, 5.41) is 18.6. The highest BCUT2D eigenvalue weighted by Crippen LogP contribution is 2.29. The number of ether oxygens (including phenoxy) is 1. The molecule has 1 aliphatic heterocycles. The van der Waals surface area contributed by atoms with Crippen LogP contribution in [-0.4, -0.2) is 38.6 Å². The normalized spacial score (nSPS) is 29.5. The van der Waals surface area contributed by atoms with Crippen LogP contribution in [0.5, 0.6) is 0 Å². The lowest BCUT2D eigenvalue weighted by Gasteiger charge is -2.16. The molecule has 0 spiro atoms. The molecule has 1 saturated heterocycles. The Labute approximate surface area is 89.9 Å². The summed E-state index contributed by atoms with van der Waals surface area (Å²) >= 11 is 0. The third-order valence-electron chi connectivity index (χ3n) is 2.55. The molecule has 1 fully saturated rings. The Balaban J connectivity index is 2.27. The van der Waals surface area contributed by atoms with Gasteiger partial charge in [-0.1, -0.05) is 0 Å². The van der Waals surface area contributed by atoms with Gasteiger partial charge in [0.2, 0.25) is 0 Å². The van der Waals surface area contributed by atoms with Crippen LogP contribution in [0.1, 0.15) is 12.6 Å². The van der Waals surface area contributed by atoms with Gasteiger partial charge >= 0.3 is 5.69 Å². The molecule has 2 rings (SSSR count). The zero-order valence-electron chi connectivity index (χ0n) is 8.42. The fourth-order valence-corrected chi connectivity index (χ4v) is 1.64. The first-order chi connectivity index (χ1) is 7.54. The van der Waals surface area contributed by atoms with Crippen molar-refractivity contribution in [1.82, 2.24) is 9.55 Å². The molecule has 0 amide bonds. The summed E-state index contributed by atoms with van der Waals surface area (Å²) in [6.45, 7) is -0.471. The molecule has 0 bridgehead atoms. The van der Waals surface area contributed by atoms with Crippen LogP contribution in [0.15, 0.2) is 21.9 Å². The molecule has 2 atom stereocenters. The Hall–Kier alpha value is -1.44. The van der Waals surface area contributed by atoms with Gasteiger partial charge in [-0.15, -0.1) is 0 Å². The molecule has 0 saturated carbocycles. The molecule has 16 heavy (non-hydrogen) atoms. The van der Waals surface area contributed by atoms with Crippen molar-refractivity contribution in [2.45, 2.75) is 18.2 Å². The molecule has 0 unspecified atom stereocenters. The van der Waals surface area contributed by atoms with Gasteiger partial charge < -0.3 is 14.9 Å². The van der Waals surface area contributed by atoms with E-state index in [1.807, 2.05) is 0 Å². The van der Waals surface area contributed by atoms with Gasteiger partial charge in [0.1, 0.15) is 11.8 Å². The molecule has 7 nitrogen and oxygen atoms in total. The maximum atomic E-state index is 11.4. The molecule has 1 aromatic heterocycles. The van der Waals surface area contributed by atoms with Crippen molar-refractivity contribution >= 4 is 0 Å². The number of aliphatic hydroxyl groups excluding tert-OH is 1. The smallest absolute Gasteiger partial charge is 0.330 e. The van der Waals surface area contributed by atoms with Crippen molar-refractivity contribution < 1.29 is 14.9 Å². The van der Waals surface area contributed by atoms with Crippen LogP contribution in [0, 0.1) is 0 Å². The first-order valence-corrected chi connectivity index (χ1v) is 4.80. The van der Waals surface area contributed by atoms with Crippen LogP contribution >= 0.6 is 0 Å². The van der Waals surface area contributed by atoms with Gasteiger partial charge in [-0.25, -0.2) is 4.79 Å². The fraction of sp³-hybridized carbons (Fsp3) is 0.556. The highest BCUT2D eigenvalue weighted by Gasteiger charge is 2.39. The summed E-state index contributed by atoms with van der Waals surface area (Å²) in [5.41, 5.74) is -2.41. The van der Waals surface area contributed by atoms with Gasteiger partial charge in [-0.3, -0.25) is 14.3 Å². The lowest BCUT2D eigenvalue weighted by Crippen LogP contribution is -2.35. The number of nitrogens with zero attached hydrogens (tertiary/aromatic N) is 1. The van der Waals surface area contributed by atoms with Gasteiger partial charge in [0.25, 0.3) is 5.56 Å². The molecule has 3 N–H and O–H groups in total. The van der Waals surface area contributed by atoms with Gasteiger partial charge in [0.15, 0.2) is 0 Å². The highest BCUT2D eigenvalue weighted by molar-refractivity contribution is 4.90. The van der Waals surface area contributed by atoms with Gasteiger partial charge in [0.05, 0.1) is 13.2 Å². The summed E-state index contributed by atoms with van der Waals surface area (Å²) in [4.78, 5) is 24.3. The van der Waals surface area contributed by atoms with E-state index in [0.717, 1.165) is 0 Å². The predicted molar refractivity (Wildman–Crippen MR) is 53.0 cm³/mol. The maximum Gasteiger partial charge on any atom is 0.330 e. The lowest BCUT2D eigenvalue weighted by molar-refractivity contribution is -0.0239. The SMILES string of the molecule is O=c1ccn([C@@H]2C[C@](O)(CO)CO2)c(=O)[nH]1. The van der Waals surface area contributed by atoms with E-state index in [1.165, 1.54) is 16.8 Å². The van der Waals surface area contributed by atoms with E-state index in [1.54, 1.807) is 0 Å². The van der Waals surface area contributed by atoms with Crippen molar-refractivity contribution in [1.29, 1.82) is 0 Å². The Kier molecular flexibility index (Phi) is 2.66. The summed E-state index contributed by atoms with van der Waals surface area (Å²) < 4.78 is 6.37. The zero-order chi connectivity index (χ0) is 11.8. The van der Waals surface area contributed by atoms with E-state index < -0.39 is 29.7 Å². The number of aromatic nitrogens is 2. The average Bonchev–Trinajstić information content (AvgIpc) is 2.62. The first kappa shape index (κ1) is 11.1. The number of H-pyrrole nitrogens is 1. The minimum atomic E-state index is -1.32. The van der Waals surface area contributed by atoms with E-state index in [2.05, 4.69) is 4.98 Å². The minimum absolute atomic E-state index is 0.0419. The number of aromatic amines is 1. The van der Waals surface area contributed by atoms with Crippen molar-refractivity contribution in [3.63, 3.8) is 0 Å². The van der Waals surface area contributed by atoms with Crippen LogP contribution in [0.4, 0.5) is 0 Å². The van der Waals surface area contributed by atoms with Crippen LogP contribution in [0.3, 0.4) is 0 Å². The van der Waals surface area contributed by atoms with E-state index >= 15 is 0 Å². The molecule has 0 aliphatic carbocycles. The van der Waals surface area contributed by atoms with Gasteiger partial charge in [0, 0.05) is 18.7 Å². The van der Waals surface area contributed by atoms with Gasteiger partial charge in [-0.05, 0) is 0 Å². The quantitative estimate of drug-likeness (QED) is 0.552. The largest absolute Gasteiger partial charge is 0.393 e. The van der Waals surface area contributed by atoms with Crippen molar-refractivity contribution in [3.05, 3.63) is 33.1 Å². The minimum Gasteiger partial charge on any atom is -0.393 e. The second kappa shape index (κ2) is 3.85. The summed E-state index contributed by atoms with van der Waals surface area (Å²) in [6.07, 6.45) is 0.742. The summed E-state index contributed by atoms with van der Waals surface area (Å²) in [5.74, 6) is 0. The Bertz CT molecular complexity index is 493. The number of rotatable bonds is 2. The van der Waals surface area contributed by atoms with E-state index in [0.29, 0.717) is 0 Å². The second-order valence-corrected chi connectivity index (χ2v) is 3.87. The highest BCUT2D eigenvalue weighted by atomic mass is 16.5. The fourth-order valence-electron chi connectivity index (χ4n) is 1.64. The third kappa shape index (κ3) is 1.92. The standard InChI is InChI=1S/C9H12N2O5/c12-4-9(15)3-7(16-5-9)11-2-1-6(13)10-8(11)14/h1-2,7,12,15H,3-5H2,(H,10,13,14)/t7-,9-/m0/s1.